The van der Waals surface area contributed by atoms with Crippen LogP contribution in [0.1, 0.15) is 46.6 Å². The summed E-state index contributed by atoms with van der Waals surface area (Å²) in [6.07, 6.45) is 4.31. The van der Waals surface area contributed by atoms with Crippen molar-refractivity contribution in [3.05, 3.63) is 47.5 Å². The normalized spacial score (nSPS) is 32.0. The third-order valence-corrected chi connectivity index (χ3v) is 6.80. The maximum absolute atomic E-state index is 12.1. The minimum absolute atomic E-state index is 0.0751. The molecule has 5 atom stereocenters. The molecule has 154 valence electrons. The number of nitrogens with one attached hydrogen (secondary N) is 1. The molecule has 2 aliphatic rings. The Hall–Kier alpha value is -1.81. The number of aryl methyl sites for hydroxylation is 1. The van der Waals surface area contributed by atoms with E-state index >= 15 is 0 Å². The molecule has 1 aromatic carbocycles. The van der Waals surface area contributed by atoms with Crippen molar-refractivity contribution >= 4 is 6.09 Å². The number of amides is 1. The van der Waals surface area contributed by atoms with Gasteiger partial charge in [0.25, 0.3) is 0 Å². The molecule has 0 aromatic heterocycles. The monoisotopic (exact) mass is 385 g/mol. The molecule has 0 spiro atoms. The number of ether oxygens (including phenoxy) is 2. The van der Waals surface area contributed by atoms with Gasteiger partial charge in [-0.3, -0.25) is 0 Å². The first kappa shape index (κ1) is 20.9. The number of carbonyl (C=O) groups is 1. The second-order valence-electron chi connectivity index (χ2n) is 9.00. The summed E-state index contributed by atoms with van der Waals surface area (Å²) in [5, 5.41) is 2.82. The highest BCUT2D eigenvalue weighted by Gasteiger charge is 2.54. The van der Waals surface area contributed by atoms with Crippen molar-refractivity contribution in [2.75, 3.05) is 13.2 Å². The number of fused-ring (bicyclic) bond motifs is 2. The summed E-state index contributed by atoms with van der Waals surface area (Å²) in [4.78, 5) is 12.1. The number of benzene rings is 1. The molecular weight excluding hydrogens is 350 g/mol. The van der Waals surface area contributed by atoms with Crippen LogP contribution in [-0.2, 0) is 15.9 Å². The Bertz CT molecular complexity index is 699. The van der Waals surface area contributed by atoms with Crippen LogP contribution >= 0.6 is 0 Å². The smallest absolute Gasteiger partial charge is 0.407 e. The molecule has 1 aliphatic heterocycles. The molecule has 4 heteroatoms. The predicted molar refractivity (Wildman–Crippen MR) is 112 cm³/mol. The van der Waals surface area contributed by atoms with Crippen molar-refractivity contribution in [1.82, 2.24) is 5.32 Å². The number of rotatable bonds is 6. The van der Waals surface area contributed by atoms with Crippen molar-refractivity contribution in [1.29, 1.82) is 0 Å². The average Bonchev–Trinajstić information content (AvgIpc) is 2.64. The molecule has 28 heavy (non-hydrogen) atoms. The first-order chi connectivity index (χ1) is 13.3. The Morgan fingerprint density at radius 1 is 1.29 bits per heavy atom. The zero-order valence-electron chi connectivity index (χ0n) is 17.9. The van der Waals surface area contributed by atoms with E-state index in [1.807, 2.05) is 13.8 Å². The topological polar surface area (TPSA) is 47.6 Å². The van der Waals surface area contributed by atoms with Crippen molar-refractivity contribution in [3.63, 3.8) is 0 Å². The summed E-state index contributed by atoms with van der Waals surface area (Å²) in [6, 6.07) is 10.7. The Labute approximate surface area is 169 Å². The molecule has 0 saturated carbocycles. The maximum atomic E-state index is 12.1. The van der Waals surface area contributed by atoms with E-state index < -0.39 is 0 Å². The van der Waals surface area contributed by atoms with Gasteiger partial charge in [-0.25, -0.2) is 4.79 Å². The van der Waals surface area contributed by atoms with Gasteiger partial charge in [-0.05, 0) is 51.0 Å². The summed E-state index contributed by atoms with van der Waals surface area (Å²) < 4.78 is 12.1. The average molecular weight is 386 g/mol. The van der Waals surface area contributed by atoms with Crippen LogP contribution < -0.4 is 5.32 Å². The van der Waals surface area contributed by atoms with Crippen molar-refractivity contribution in [3.8, 4) is 0 Å². The van der Waals surface area contributed by atoms with E-state index in [0.29, 0.717) is 31.0 Å². The van der Waals surface area contributed by atoms with Gasteiger partial charge in [-0.15, -0.1) is 0 Å². The molecule has 4 nitrogen and oxygen atoms in total. The number of carbonyl (C=O) groups excluding carboxylic acids is 1. The lowest BCUT2D eigenvalue weighted by molar-refractivity contribution is -0.164. The van der Waals surface area contributed by atoms with Gasteiger partial charge in [0.2, 0.25) is 0 Å². The second-order valence-corrected chi connectivity index (χ2v) is 9.00. The summed E-state index contributed by atoms with van der Waals surface area (Å²) in [6.45, 7) is 11.7. The Balaban J connectivity index is 1.71. The molecule has 1 aromatic rings. The van der Waals surface area contributed by atoms with E-state index in [1.165, 1.54) is 11.1 Å². The number of hydrogen-bond donors (Lipinski definition) is 1. The van der Waals surface area contributed by atoms with Gasteiger partial charge in [0.05, 0.1) is 12.7 Å². The summed E-state index contributed by atoms with van der Waals surface area (Å²) >= 11 is 0. The first-order valence-electron chi connectivity index (χ1n) is 10.6. The molecule has 1 saturated heterocycles. The fourth-order valence-electron chi connectivity index (χ4n) is 5.08. The molecule has 1 N–H and O–H groups in total. The zero-order chi connectivity index (χ0) is 20.3. The molecule has 1 aliphatic carbocycles. The minimum atomic E-state index is -0.335. The predicted octanol–water partition coefficient (Wildman–Crippen LogP) is 4.99. The molecule has 0 unspecified atom stereocenters. The van der Waals surface area contributed by atoms with Crippen molar-refractivity contribution in [2.45, 2.75) is 59.6 Å². The van der Waals surface area contributed by atoms with E-state index in [4.69, 9.17) is 9.47 Å². The third kappa shape index (κ3) is 4.27. The van der Waals surface area contributed by atoms with Crippen LogP contribution in [-0.4, -0.2) is 31.5 Å². The van der Waals surface area contributed by atoms with Crippen molar-refractivity contribution < 1.29 is 14.3 Å². The van der Waals surface area contributed by atoms with Crippen LogP contribution in [0.15, 0.2) is 42.0 Å². The van der Waals surface area contributed by atoms with E-state index in [0.717, 1.165) is 12.8 Å². The Morgan fingerprint density at radius 2 is 2.00 bits per heavy atom. The first-order valence-corrected chi connectivity index (χ1v) is 10.6. The summed E-state index contributed by atoms with van der Waals surface area (Å²) in [5.74, 6) is 1.11. The molecule has 1 heterocycles. The lowest BCUT2D eigenvalue weighted by Crippen LogP contribution is -2.57. The zero-order valence-corrected chi connectivity index (χ0v) is 17.9. The van der Waals surface area contributed by atoms with E-state index in [-0.39, 0.29) is 23.7 Å². The molecule has 0 radical (unpaired) electrons. The number of allylic oxidation sites excluding steroid dienone is 1. The summed E-state index contributed by atoms with van der Waals surface area (Å²) in [5.41, 5.74) is 2.62. The van der Waals surface area contributed by atoms with Crippen LogP contribution in [0.3, 0.4) is 0 Å². The minimum Gasteiger partial charge on any atom is -0.449 e. The van der Waals surface area contributed by atoms with E-state index in [2.05, 4.69) is 62.5 Å². The van der Waals surface area contributed by atoms with E-state index in [9.17, 15) is 4.79 Å². The quantitative estimate of drug-likeness (QED) is 0.702. The highest BCUT2D eigenvalue weighted by atomic mass is 16.6. The lowest BCUT2D eigenvalue weighted by atomic mass is 9.56. The van der Waals surface area contributed by atoms with Crippen molar-refractivity contribution in [2.24, 2.45) is 23.2 Å². The van der Waals surface area contributed by atoms with Gasteiger partial charge < -0.3 is 14.8 Å². The third-order valence-electron chi connectivity index (χ3n) is 6.80. The van der Waals surface area contributed by atoms with Gasteiger partial charge in [0.15, 0.2) is 0 Å². The van der Waals surface area contributed by atoms with Crippen LogP contribution in [0.25, 0.3) is 0 Å². The van der Waals surface area contributed by atoms with Crippen LogP contribution in [0.4, 0.5) is 4.79 Å². The Morgan fingerprint density at radius 3 is 2.68 bits per heavy atom. The van der Waals surface area contributed by atoms with Gasteiger partial charge in [0, 0.05) is 17.4 Å². The van der Waals surface area contributed by atoms with Crippen LogP contribution in [0.5, 0.6) is 0 Å². The number of hydrogen-bond acceptors (Lipinski definition) is 3. The summed E-state index contributed by atoms with van der Waals surface area (Å²) in [7, 11) is 0. The van der Waals surface area contributed by atoms with Gasteiger partial charge in [-0.1, -0.05) is 55.8 Å². The molecule has 2 bridgehead atoms. The highest BCUT2D eigenvalue weighted by Crippen LogP contribution is 2.53. The SMILES string of the molecule is CC1=C[C@@H](C)[C@]2(COC(=O)NC(C)C)CO[C@H](CCc3ccccc3)[C@H]1[C@H]2C. The fraction of sp³-hybridized carbons (Fsp3) is 0.625. The Kier molecular flexibility index (Phi) is 6.49. The number of alkyl carbamates (subject to hydrolysis) is 1. The molecular formula is C24H35NO3. The fourth-order valence-corrected chi connectivity index (χ4v) is 5.08. The van der Waals surface area contributed by atoms with E-state index in [1.54, 1.807) is 0 Å². The largest absolute Gasteiger partial charge is 0.449 e. The molecule has 1 amide bonds. The van der Waals surface area contributed by atoms with Crippen LogP contribution in [0, 0.1) is 23.2 Å². The second kappa shape index (κ2) is 8.69. The van der Waals surface area contributed by atoms with Gasteiger partial charge in [-0.2, -0.15) is 0 Å². The van der Waals surface area contributed by atoms with Gasteiger partial charge >= 0.3 is 6.09 Å². The maximum Gasteiger partial charge on any atom is 0.407 e. The lowest BCUT2D eigenvalue weighted by Gasteiger charge is -2.55. The highest BCUT2D eigenvalue weighted by molar-refractivity contribution is 5.67. The van der Waals surface area contributed by atoms with Crippen LogP contribution in [0.2, 0.25) is 0 Å². The van der Waals surface area contributed by atoms with Gasteiger partial charge in [0.1, 0.15) is 6.61 Å². The molecule has 3 rings (SSSR count). The molecule has 1 fully saturated rings. The standard InChI is InChI=1S/C24H35NO3/c1-16(2)25-23(26)28-15-24-14-27-21(12-11-20-9-7-6-8-10-20)22(19(24)5)17(3)13-18(24)4/h6-10,13,16,18-19,21-22H,11-12,14-15H2,1-5H3,(H,25,26)/t18-,19-,21-,22-,24-/m1/s1.